The van der Waals surface area contributed by atoms with Crippen LogP contribution < -0.4 is 20.7 Å². The normalized spacial score (nSPS) is 11.7. The van der Waals surface area contributed by atoms with Crippen molar-refractivity contribution in [2.75, 3.05) is 6.61 Å². The summed E-state index contributed by atoms with van der Waals surface area (Å²) in [6.45, 7) is 2.56. The zero-order valence-electron chi connectivity index (χ0n) is 20.2. The van der Waals surface area contributed by atoms with Crippen LogP contribution in [0.5, 0.6) is 17.5 Å². The summed E-state index contributed by atoms with van der Waals surface area (Å²) in [6.07, 6.45) is -3.18. The first-order valence-electron chi connectivity index (χ1n) is 11.5. The molecule has 0 amide bonds. The molecule has 12 heteroatoms. The van der Waals surface area contributed by atoms with Crippen molar-refractivity contribution in [1.29, 1.82) is 0 Å². The first-order chi connectivity index (χ1) is 17.6. The number of hydrogen-bond acceptors (Lipinski definition) is 6. The number of aromatic nitrogens is 4. The van der Waals surface area contributed by atoms with Gasteiger partial charge >= 0.3 is 17.8 Å². The van der Waals surface area contributed by atoms with Gasteiger partial charge in [-0.2, -0.15) is 13.8 Å². The number of aliphatic hydroxyl groups is 1. The van der Waals surface area contributed by atoms with Gasteiger partial charge in [0.05, 0.1) is 6.54 Å². The lowest BCUT2D eigenvalue weighted by molar-refractivity contribution is -0.159. The molecule has 0 saturated carbocycles. The number of aliphatic hydroxyl groups excluding tert-OH is 1. The van der Waals surface area contributed by atoms with E-state index in [-0.39, 0.29) is 61.3 Å². The predicted molar refractivity (Wildman–Crippen MR) is 134 cm³/mol. The summed E-state index contributed by atoms with van der Waals surface area (Å²) in [5.41, 5.74) is -0.133. The number of hydrogen-bond donors (Lipinski definition) is 1. The molecule has 0 bridgehead atoms. The van der Waals surface area contributed by atoms with Crippen molar-refractivity contribution in [3.8, 4) is 17.5 Å². The molecule has 2 heterocycles. The predicted octanol–water partition coefficient (Wildman–Crippen LogP) is 4.25. The van der Waals surface area contributed by atoms with E-state index in [2.05, 4.69) is 9.72 Å². The molecule has 0 unspecified atom stereocenters. The zero-order chi connectivity index (χ0) is 26.7. The summed E-state index contributed by atoms with van der Waals surface area (Å²) in [4.78, 5) is 31.0. The summed E-state index contributed by atoms with van der Waals surface area (Å²) in [5, 5.41) is 9.79. The number of benzene rings is 2. The topological polar surface area (TPSA) is 101 Å². The minimum Gasteiger partial charge on any atom is -0.433 e. The highest BCUT2D eigenvalue weighted by Gasteiger charge is 2.25. The maximum absolute atomic E-state index is 13.5. The van der Waals surface area contributed by atoms with Gasteiger partial charge in [-0.05, 0) is 43.2 Å². The standard InChI is InChI=1S/C25H25ClF2N4O5/c1-3-30-21-20(22(34)31(24(30)35)12-5-13-33)32(15-16-8-10-17(26)11-9-16)23(29-21)36-18-6-4-7-19(14-18)37-25(2,27)28/h4,6-11,14,33H,3,5,12-13,15H2,1-2H3. The second-order valence-corrected chi connectivity index (χ2v) is 8.76. The fraction of sp³-hybridized carbons (Fsp3) is 0.320. The SMILES string of the molecule is CCn1c(=O)n(CCCO)c(=O)c2c1nc(Oc1cccc(OC(C)(F)F)c1)n2Cc1ccc(Cl)cc1. The van der Waals surface area contributed by atoms with Gasteiger partial charge in [0, 0.05) is 37.7 Å². The summed E-state index contributed by atoms with van der Waals surface area (Å²) < 4.78 is 41.2. The van der Waals surface area contributed by atoms with E-state index >= 15 is 0 Å². The summed E-state index contributed by atoms with van der Waals surface area (Å²) in [7, 11) is 0. The molecule has 196 valence electrons. The van der Waals surface area contributed by atoms with E-state index in [1.165, 1.54) is 33.4 Å². The average molecular weight is 535 g/mol. The molecule has 37 heavy (non-hydrogen) atoms. The molecule has 2 aromatic heterocycles. The molecule has 0 aliphatic carbocycles. The van der Waals surface area contributed by atoms with Gasteiger partial charge in [-0.25, -0.2) is 4.79 Å². The van der Waals surface area contributed by atoms with Gasteiger partial charge in [0.1, 0.15) is 11.5 Å². The van der Waals surface area contributed by atoms with Crippen LogP contribution in [0.1, 0.15) is 25.8 Å². The Bertz CT molecular complexity index is 1520. The van der Waals surface area contributed by atoms with Gasteiger partial charge in [-0.15, -0.1) is 0 Å². The minimum atomic E-state index is -3.39. The van der Waals surface area contributed by atoms with Crippen LogP contribution in [0.3, 0.4) is 0 Å². The lowest BCUT2D eigenvalue weighted by Gasteiger charge is -2.14. The molecule has 4 rings (SSSR count). The van der Waals surface area contributed by atoms with Crippen molar-refractivity contribution in [3.05, 3.63) is 80.0 Å². The number of alkyl halides is 2. The lowest BCUT2D eigenvalue weighted by Crippen LogP contribution is -2.40. The largest absolute Gasteiger partial charge is 0.433 e. The number of halogens is 3. The number of rotatable bonds is 10. The highest BCUT2D eigenvalue weighted by molar-refractivity contribution is 6.30. The van der Waals surface area contributed by atoms with Crippen molar-refractivity contribution in [2.24, 2.45) is 0 Å². The molecule has 4 aromatic rings. The Hall–Kier alpha value is -3.70. The molecular formula is C25H25ClF2N4O5. The van der Waals surface area contributed by atoms with E-state index in [9.17, 15) is 23.5 Å². The van der Waals surface area contributed by atoms with Crippen LogP contribution in [0, 0.1) is 0 Å². The molecule has 0 radical (unpaired) electrons. The van der Waals surface area contributed by atoms with Crippen LogP contribution >= 0.6 is 11.6 Å². The summed E-state index contributed by atoms with van der Waals surface area (Å²) >= 11 is 6.02. The van der Waals surface area contributed by atoms with E-state index in [0.717, 1.165) is 10.1 Å². The van der Waals surface area contributed by atoms with Crippen LogP contribution in [0.15, 0.2) is 58.1 Å². The molecule has 0 aliphatic rings. The van der Waals surface area contributed by atoms with Crippen molar-refractivity contribution in [1.82, 2.24) is 18.7 Å². The van der Waals surface area contributed by atoms with Crippen LogP contribution in [-0.4, -0.2) is 36.5 Å². The Balaban J connectivity index is 1.90. The molecular weight excluding hydrogens is 510 g/mol. The Kier molecular flexibility index (Phi) is 7.65. The Morgan fingerprint density at radius 3 is 2.41 bits per heavy atom. The number of nitrogens with zero attached hydrogens (tertiary/aromatic N) is 4. The number of aryl methyl sites for hydroxylation is 1. The van der Waals surface area contributed by atoms with Crippen LogP contribution in [0.25, 0.3) is 11.2 Å². The molecule has 0 fully saturated rings. The number of imidazole rings is 1. The van der Waals surface area contributed by atoms with Gasteiger partial charge in [-0.3, -0.25) is 18.5 Å². The van der Waals surface area contributed by atoms with E-state index in [4.69, 9.17) is 16.3 Å². The highest BCUT2D eigenvalue weighted by Crippen LogP contribution is 2.30. The first-order valence-corrected chi connectivity index (χ1v) is 11.9. The third-order valence-electron chi connectivity index (χ3n) is 5.50. The Morgan fingerprint density at radius 2 is 1.76 bits per heavy atom. The minimum absolute atomic E-state index is 0.0241. The average Bonchev–Trinajstić information content (AvgIpc) is 3.17. The number of ether oxygens (including phenoxy) is 2. The van der Waals surface area contributed by atoms with E-state index in [0.29, 0.717) is 11.9 Å². The summed E-state index contributed by atoms with van der Waals surface area (Å²) in [5.74, 6) is 0.0163. The first kappa shape index (κ1) is 26.4. The molecule has 0 atom stereocenters. The second-order valence-electron chi connectivity index (χ2n) is 8.33. The zero-order valence-corrected chi connectivity index (χ0v) is 20.9. The second kappa shape index (κ2) is 10.7. The third-order valence-corrected chi connectivity index (χ3v) is 5.75. The molecule has 9 nitrogen and oxygen atoms in total. The molecule has 0 spiro atoms. The molecule has 1 N–H and O–H groups in total. The Morgan fingerprint density at radius 1 is 1.05 bits per heavy atom. The van der Waals surface area contributed by atoms with Gasteiger partial charge in [0.15, 0.2) is 11.2 Å². The molecule has 0 saturated heterocycles. The molecule has 0 aliphatic heterocycles. The van der Waals surface area contributed by atoms with Gasteiger partial charge in [0.2, 0.25) is 0 Å². The van der Waals surface area contributed by atoms with E-state index in [1.54, 1.807) is 31.2 Å². The van der Waals surface area contributed by atoms with Crippen LogP contribution in [0.2, 0.25) is 5.02 Å². The smallest absolute Gasteiger partial charge is 0.394 e. The quantitative estimate of drug-likeness (QED) is 0.326. The van der Waals surface area contributed by atoms with Gasteiger partial charge in [-0.1, -0.05) is 29.8 Å². The maximum atomic E-state index is 13.5. The lowest BCUT2D eigenvalue weighted by atomic mass is 10.2. The summed E-state index contributed by atoms with van der Waals surface area (Å²) in [6, 6.07) is 12.6. The fourth-order valence-electron chi connectivity index (χ4n) is 3.89. The van der Waals surface area contributed by atoms with Gasteiger partial charge in [0.25, 0.3) is 5.56 Å². The monoisotopic (exact) mass is 534 g/mol. The van der Waals surface area contributed by atoms with Crippen LogP contribution in [-0.2, 0) is 19.6 Å². The third kappa shape index (κ3) is 5.83. The highest BCUT2D eigenvalue weighted by atomic mass is 35.5. The van der Waals surface area contributed by atoms with Crippen molar-refractivity contribution in [2.45, 2.75) is 46.0 Å². The number of fused-ring (bicyclic) bond motifs is 1. The van der Waals surface area contributed by atoms with E-state index in [1.807, 2.05) is 0 Å². The fourth-order valence-corrected chi connectivity index (χ4v) is 4.02. The van der Waals surface area contributed by atoms with E-state index < -0.39 is 17.4 Å². The van der Waals surface area contributed by atoms with Gasteiger partial charge < -0.3 is 14.6 Å². The Labute approximate surface area is 215 Å². The van der Waals surface area contributed by atoms with Crippen LogP contribution in [0.4, 0.5) is 8.78 Å². The maximum Gasteiger partial charge on any atom is 0.394 e. The van der Waals surface area contributed by atoms with Crippen molar-refractivity contribution < 1.29 is 23.4 Å². The molecule has 2 aromatic carbocycles. The van der Waals surface area contributed by atoms with Crippen molar-refractivity contribution in [3.63, 3.8) is 0 Å². The van der Waals surface area contributed by atoms with Crippen molar-refractivity contribution >= 4 is 22.8 Å².